The zero-order valence-corrected chi connectivity index (χ0v) is 12.2. The number of benzene rings is 2. The number of carbonyl (C=O) groups excluding carboxylic acids is 1. The van der Waals surface area contributed by atoms with Crippen LogP contribution in [0, 0.1) is 11.3 Å². The second-order valence-electron chi connectivity index (χ2n) is 4.27. The topological polar surface area (TPSA) is 73.1 Å². The van der Waals surface area contributed by atoms with Crippen LogP contribution >= 0.6 is 23.2 Å². The number of nitriles is 1. The Bertz CT molecular complexity index is 722. The number of halogens is 2. The van der Waals surface area contributed by atoms with E-state index in [1.54, 1.807) is 24.3 Å². The molecule has 2 aromatic rings. The van der Waals surface area contributed by atoms with Gasteiger partial charge in [-0.2, -0.15) is 5.26 Å². The molecular weight excluding hydrogens is 311 g/mol. The molecule has 2 rings (SSSR count). The van der Waals surface area contributed by atoms with Crippen LogP contribution in [0.25, 0.3) is 0 Å². The average molecular weight is 321 g/mol. The number of hydrogen-bond acceptors (Lipinski definition) is 3. The maximum atomic E-state index is 12.1. The van der Waals surface area contributed by atoms with Gasteiger partial charge in [0.2, 0.25) is 0 Å². The predicted octanol–water partition coefficient (Wildman–Crippen LogP) is 4.02. The zero-order chi connectivity index (χ0) is 15.4. The fraction of sp³-hybridized carbons (Fsp3) is 0.0667. The number of amides is 1. The maximum absolute atomic E-state index is 12.1. The Morgan fingerprint density at radius 2 is 1.90 bits per heavy atom. The normalized spacial score (nSPS) is 9.95. The van der Waals surface area contributed by atoms with Crippen molar-refractivity contribution in [2.75, 3.05) is 5.32 Å². The molecule has 0 saturated heterocycles. The van der Waals surface area contributed by atoms with Crippen LogP contribution in [0.5, 0.6) is 5.75 Å². The van der Waals surface area contributed by atoms with Crippen molar-refractivity contribution >= 4 is 34.8 Å². The number of phenols is 1. The number of phenolic OH excluding ortho intramolecular Hbond substituents is 1. The Morgan fingerprint density at radius 3 is 2.52 bits per heavy atom. The molecule has 4 nitrogen and oxygen atoms in total. The minimum Gasteiger partial charge on any atom is -0.506 e. The highest BCUT2D eigenvalue weighted by molar-refractivity contribution is 6.36. The largest absolute Gasteiger partial charge is 0.506 e. The van der Waals surface area contributed by atoms with Gasteiger partial charge < -0.3 is 10.4 Å². The molecule has 106 valence electrons. The highest BCUT2D eigenvalue weighted by Gasteiger charge is 2.15. The highest BCUT2D eigenvalue weighted by Crippen LogP contribution is 2.31. The summed E-state index contributed by atoms with van der Waals surface area (Å²) < 4.78 is 0. The molecule has 2 N–H and O–H groups in total. The summed E-state index contributed by atoms with van der Waals surface area (Å²) in [6.45, 7) is 0. The first-order chi connectivity index (χ1) is 10.0. The van der Waals surface area contributed by atoms with Gasteiger partial charge in [0.1, 0.15) is 5.75 Å². The van der Waals surface area contributed by atoms with E-state index in [4.69, 9.17) is 28.5 Å². The lowest BCUT2D eigenvalue weighted by molar-refractivity contribution is 0.102. The van der Waals surface area contributed by atoms with Gasteiger partial charge in [-0.1, -0.05) is 35.3 Å². The summed E-state index contributed by atoms with van der Waals surface area (Å²) in [5.41, 5.74) is 1.38. The van der Waals surface area contributed by atoms with Crippen LogP contribution in [-0.2, 0) is 6.42 Å². The molecule has 6 heteroatoms. The smallest absolute Gasteiger partial charge is 0.259 e. The van der Waals surface area contributed by atoms with Gasteiger partial charge in [0.05, 0.1) is 23.1 Å². The Labute approximate surface area is 131 Å². The third-order valence-electron chi connectivity index (χ3n) is 2.77. The van der Waals surface area contributed by atoms with Crippen molar-refractivity contribution in [3.63, 3.8) is 0 Å². The lowest BCUT2D eigenvalue weighted by Crippen LogP contribution is -2.12. The summed E-state index contributed by atoms with van der Waals surface area (Å²) in [4.78, 5) is 12.1. The number of hydrogen-bond donors (Lipinski definition) is 2. The van der Waals surface area contributed by atoms with Gasteiger partial charge in [0, 0.05) is 10.7 Å². The molecule has 0 aromatic heterocycles. The Hall–Kier alpha value is -2.22. The Morgan fingerprint density at radius 1 is 1.24 bits per heavy atom. The number of aromatic hydroxyl groups is 1. The molecule has 0 fully saturated rings. The summed E-state index contributed by atoms with van der Waals surface area (Å²) in [6.07, 6.45) is 0.304. The van der Waals surface area contributed by atoms with Crippen molar-refractivity contribution in [1.82, 2.24) is 0 Å². The first-order valence-electron chi connectivity index (χ1n) is 5.96. The van der Waals surface area contributed by atoms with Gasteiger partial charge in [-0.3, -0.25) is 4.79 Å². The fourth-order valence-corrected chi connectivity index (χ4v) is 2.23. The van der Waals surface area contributed by atoms with Crippen LogP contribution in [0.15, 0.2) is 36.4 Å². The molecule has 0 spiro atoms. The van der Waals surface area contributed by atoms with Crippen molar-refractivity contribution in [3.8, 4) is 11.8 Å². The number of rotatable bonds is 3. The lowest BCUT2D eigenvalue weighted by atomic mass is 10.1. The summed E-state index contributed by atoms with van der Waals surface area (Å²) in [5, 5.41) is 21.3. The molecule has 0 unspecified atom stereocenters. The number of carbonyl (C=O) groups is 1. The van der Waals surface area contributed by atoms with E-state index in [0.29, 0.717) is 12.1 Å². The fourth-order valence-electron chi connectivity index (χ4n) is 1.73. The van der Waals surface area contributed by atoms with Crippen LogP contribution in [-0.4, -0.2) is 11.0 Å². The SMILES string of the molecule is N#CCc1ccc(NC(=O)c2cc(Cl)cc(Cl)c2O)cc1. The van der Waals surface area contributed by atoms with Crippen LogP contribution in [0.2, 0.25) is 10.0 Å². The molecule has 0 saturated carbocycles. The Kier molecular flexibility index (Phi) is 4.69. The zero-order valence-electron chi connectivity index (χ0n) is 10.7. The lowest BCUT2D eigenvalue weighted by Gasteiger charge is -2.09. The van der Waals surface area contributed by atoms with E-state index in [2.05, 4.69) is 5.32 Å². The minimum atomic E-state index is -0.523. The van der Waals surface area contributed by atoms with E-state index < -0.39 is 5.91 Å². The van der Waals surface area contributed by atoms with Gasteiger partial charge in [-0.15, -0.1) is 0 Å². The van der Waals surface area contributed by atoms with Gasteiger partial charge in [0.25, 0.3) is 5.91 Å². The van der Waals surface area contributed by atoms with Gasteiger partial charge in [0.15, 0.2) is 0 Å². The third-order valence-corrected chi connectivity index (χ3v) is 3.27. The second kappa shape index (κ2) is 6.49. The van der Waals surface area contributed by atoms with Crippen LogP contribution < -0.4 is 5.32 Å². The van der Waals surface area contributed by atoms with Gasteiger partial charge >= 0.3 is 0 Å². The van der Waals surface area contributed by atoms with Crippen molar-refractivity contribution in [2.45, 2.75) is 6.42 Å². The first kappa shape index (κ1) is 15.2. The monoisotopic (exact) mass is 320 g/mol. The number of nitrogens with zero attached hydrogens (tertiary/aromatic N) is 1. The molecular formula is C15H10Cl2N2O2. The highest BCUT2D eigenvalue weighted by atomic mass is 35.5. The predicted molar refractivity (Wildman–Crippen MR) is 81.8 cm³/mol. The molecule has 0 atom stereocenters. The Balaban J connectivity index is 2.20. The van der Waals surface area contributed by atoms with E-state index in [0.717, 1.165) is 5.56 Å². The van der Waals surface area contributed by atoms with Crippen LogP contribution in [0.4, 0.5) is 5.69 Å². The summed E-state index contributed by atoms with van der Waals surface area (Å²) >= 11 is 11.6. The summed E-state index contributed by atoms with van der Waals surface area (Å²) in [6, 6.07) is 11.6. The third kappa shape index (κ3) is 3.66. The van der Waals surface area contributed by atoms with E-state index in [9.17, 15) is 9.90 Å². The number of anilines is 1. The molecule has 1 amide bonds. The molecule has 0 bridgehead atoms. The first-order valence-corrected chi connectivity index (χ1v) is 6.72. The molecule has 0 aliphatic rings. The molecule has 0 aliphatic carbocycles. The van der Waals surface area contributed by atoms with Crippen LogP contribution in [0.1, 0.15) is 15.9 Å². The van der Waals surface area contributed by atoms with Crippen molar-refractivity contribution < 1.29 is 9.90 Å². The summed E-state index contributed by atoms with van der Waals surface area (Å²) in [5.74, 6) is -0.843. The van der Waals surface area contributed by atoms with Crippen molar-refractivity contribution in [1.29, 1.82) is 5.26 Å². The van der Waals surface area contributed by atoms with Gasteiger partial charge in [-0.25, -0.2) is 0 Å². The molecule has 0 heterocycles. The molecule has 0 radical (unpaired) electrons. The van der Waals surface area contributed by atoms with Crippen molar-refractivity contribution in [2.24, 2.45) is 0 Å². The number of nitrogens with one attached hydrogen (secondary N) is 1. The van der Waals surface area contributed by atoms with E-state index in [1.807, 2.05) is 6.07 Å². The maximum Gasteiger partial charge on any atom is 0.259 e. The van der Waals surface area contributed by atoms with E-state index in [1.165, 1.54) is 12.1 Å². The minimum absolute atomic E-state index is 0.00592. The summed E-state index contributed by atoms with van der Waals surface area (Å²) in [7, 11) is 0. The molecule has 2 aromatic carbocycles. The second-order valence-corrected chi connectivity index (χ2v) is 5.11. The molecule has 21 heavy (non-hydrogen) atoms. The van der Waals surface area contributed by atoms with Crippen molar-refractivity contribution in [3.05, 3.63) is 57.6 Å². The van der Waals surface area contributed by atoms with Crippen LogP contribution in [0.3, 0.4) is 0 Å². The van der Waals surface area contributed by atoms with Gasteiger partial charge in [-0.05, 0) is 29.8 Å². The standard InChI is InChI=1S/C15H10Cl2N2O2/c16-10-7-12(14(20)13(17)8-10)15(21)19-11-3-1-9(2-4-11)5-6-18/h1-4,7-8,20H,5H2,(H,19,21). The molecule has 0 aliphatic heterocycles. The quantitative estimate of drug-likeness (QED) is 0.897. The van der Waals surface area contributed by atoms with E-state index in [-0.39, 0.29) is 21.4 Å². The van der Waals surface area contributed by atoms with E-state index >= 15 is 0 Å². The average Bonchev–Trinajstić information content (AvgIpc) is 2.45.